The number of imidazole rings is 1. The van der Waals surface area contributed by atoms with Gasteiger partial charge in [0.25, 0.3) is 5.69 Å². The number of nitro benzene ring substituents is 1. The van der Waals surface area contributed by atoms with Gasteiger partial charge in [0.2, 0.25) is 5.91 Å². The molecule has 28 heavy (non-hydrogen) atoms. The van der Waals surface area contributed by atoms with E-state index in [0.29, 0.717) is 22.6 Å². The lowest BCUT2D eigenvalue weighted by Crippen LogP contribution is -2.20. The Morgan fingerprint density at radius 1 is 1.21 bits per heavy atom. The first-order chi connectivity index (χ1) is 13.5. The van der Waals surface area contributed by atoms with Crippen molar-refractivity contribution in [2.45, 2.75) is 6.54 Å². The number of furan rings is 1. The SMILES string of the molecule is O=C(Cn1c(-c2ccco2)nc2ccccc21)Nc1ccc(F)cc1[N+](=O)[O-]. The fourth-order valence-corrected chi connectivity index (χ4v) is 2.92. The number of nitrogens with one attached hydrogen (secondary N) is 1. The summed E-state index contributed by atoms with van der Waals surface area (Å²) in [6.07, 6.45) is 1.50. The maximum atomic E-state index is 13.3. The molecule has 0 aliphatic heterocycles. The Hall–Kier alpha value is -4.01. The topological polar surface area (TPSA) is 103 Å². The van der Waals surface area contributed by atoms with Crippen LogP contribution >= 0.6 is 0 Å². The molecule has 0 saturated carbocycles. The van der Waals surface area contributed by atoms with E-state index in [1.165, 1.54) is 6.26 Å². The van der Waals surface area contributed by atoms with Gasteiger partial charge in [0.05, 0.1) is 28.3 Å². The van der Waals surface area contributed by atoms with Gasteiger partial charge in [-0.05, 0) is 36.4 Å². The number of rotatable bonds is 5. The highest BCUT2D eigenvalue weighted by Crippen LogP contribution is 2.27. The highest BCUT2D eigenvalue weighted by atomic mass is 19.1. The van der Waals surface area contributed by atoms with Crippen LogP contribution in [0.5, 0.6) is 0 Å². The molecule has 0 aliphatic carbocycles. The average molecular weight is 380 g/mol. The Morgan fingerprint density at radius 3 is 2.79 bits per heavy atom. The Bertz CT molecular complexity index is 1180. The van der Waals surface area contributed by atoms with E-state index in [0.717, 1.165) is 18.2 Å². The van der Waals surface area contributed by atoms with Crippen molar-refractivity contribution in [3.8, 4) is 11.6 Å². The second-order valence-corrected chi connectivity index (χ2v) is 5.95. The molecule has 0 radical (unpaired) electrons. The molecule has 2 aromatic heterocycles. The number of anilines is 1. The van der Waals surface area contributed by atoms with E-state index in [9.17, 15) is 19.3 Å². The van der Waals surface area contributed by atoms with E-state index in [1.54, 1.807) is 22.8 Å². The van der Waals surface area contributed by atoms with Crippen molar-refractivity contribution in [1.29, 1.82) is 0 Å². The molecule has 0 bridgehead atoms. The van der Waals surface area contributed by atoms with Crippen LogP contribution in [0.4, 0.5) is 15.8 Å². The normalized spacial score (nSPS) is 10.9. The van der Waals surface area contributed by atoms with Crippen molar-refractivity contribution in [2.75, 3.05) is 5.32 Å². The maximum absolute atomic E-state index is 13.3. The molecule has 4 rings (SSSR count). The molecular formula is C19H13FN4O4. The lowest BCUT2D eigenvalue weighted by Gasteiger charge is -2.09. The lowest BCUT2D eigenvalue weighted by atomic mass is 10.2. The maximum Gasteiger partial charge on any atom is 0.295 e. The number of hydrogen-bond donors (Lipinski definition) is 1. The standard InChI is InChI=1S/C19H13FN4O4/c20-12-7-8-14(16(10-12)24(26)27)21-18(25)11-23-15-5-2-1-4-13(15)22-19(23)17-6-3-9-28-17/h1-10H,11H2,(H,21,25). The third-order valence-electron chi connectivity index (χ3n) is 4.13. The highest BCUT2D eigenvalue weighted by molar-refractivity contribution is 5.94. The number of carbonyl (C=O) groups excluding carboxylic acids is 1. The summed E-state index contributed by atoms with van der Waals surface area (Å²) in [5.74, 6) is -0.345. The minimum atomic E-state index is -0.759. The Kier molecular flexibility index (Phi) is 4.32. The summed E-state index contributed by atoms with van der Waals surface area (Å²) in [4.78, 5) is 27.5. The van der Waals surface area contributed by atoms with Crippen LogP contribution in [0.1, 0.15) is 0 Å². The molecule has 2 aromatic carbocycles. The van der Waals surface area contributed by atoms with Crippen LogP contribution in [0.3, 0.4) is 0 Å². The predicted octanol–water partition coefficient (Wildman–Crippen LogP) is 3.98. The first-order valence-corrected chi connectivity index (χ1v) is 8.26. The predicted molar refractivity (Wildman–Crippen MR) is 99.1 cm³/mol. The number of nitro groups is 1. The fourth-order valence-electron chi connectivity index (χ4n) is 2.92. The molecule has 0 unspecified atom stereocenters. The number of halogens is 1. The fraction of sp³-hybridized carbons (Fsp3) is 0.0526. The number of amides is 1. The van der Waals surface area contributed by atoms with Crippen molar-refractivity contribution in [3.05, 3.63) is 76.8 Å². The van der Waals surface area contributed by atoms with Crippen LogP contribution in [0, 0.1) is 15.9 Å². The van der Waals surface area contributed by atoms with Crippen molar-refractivity contribution in [2.24, 2.45) is 0 Å². The van der Waals surface area contributed by atoms with Gasteiger partial charge in [0.15, 0.2) is 11.6 Å². The summed E-state index contributed by atoms with van der Waals surface area (Å²) in [6.45, 7) is -0.162. The molecule has 4 aromatic rings. The first-order valence-electron chi connectivity index (χ1n) is 8.26. The lowest BCUT2D eigenvalue weighted by molar-refractivity contribution is -0.384. The van der Waals surface area contributed by atoms with Gasteiger partial charge < -0.3 is 14.3 Å². The molecule has 0 fully saturated rings. The Labute approximate surface area is 157 Å². The van der Waals surface area contributed by atoms with E-state index in [1.807, 2.05) is 18.2 Å². The second kappa shape index (κ2) is 6.95. The van der Waals surface area contributed by atoms with Gasteiger partial charge in [-0.1, -0.05) is 12.1 Å². The quantitative estimate of drug-likeness (QED) is 0.417. The Morgan fingerprint density at radius 2 is 2.04 bits per heavy atom. The monoisotopic (exact) mass is 380 g/mol. The molecule has 8 nitrogen and oxygen atoms in total. The summed E-state index contributed by atoms with van der Waals surface area (Å²) in [6, 6.07) is 13.7. The highest BCUT2D eigenvalue weighted by Gasteiger charge is 2.20. The second-order valence-electron chi connectivity index (χ2n) is 5.95. The number of benzene rings is 2. The molecule has 1 N–H and O–H groups in total. The first kappa shape index (κ1) is 17.4. The molecule has 140 valence electrons. The average Bonchev–Trinajstić information content (AvgIpc) is 3.31. The summed E-state index contributed by atoms with van der Waals surface area (Å²) >= 11 is 0. The van der Waals surface area contributed by atoms with Gasteiger partial charge in [-0.3, -0.25) is 14.9 Å². The van der Waals surface area contributed by atoms with Gasteiger partial charge in [0, 0.05) is 0 Å². The largest absolute Gasteiger partial charge is 0.461 e. The molecule has 0 aliphatic rings. The molecular weight excluding hydrogens is 367 g/mol. The molecule has 0 spiro atoms. The van der Waals surface area contributed by atoms with Gasteiger partial charge >= 0.3 is 0 Å². The van der Waals surface area contributed by atoms with E-state index in [-0.39, 0.29) is 12.2 Å². The van der Waals surface area contributed by atoms with Crippen LogP contribution in [-0.4, -0.2) is 20.4 Å². The molecule has 9 heteroatoms. The minimum Gasteiger partial charge on any atom is -0.461 e. The van der Waals surface area contributed by atoms with E-state index in [2.05, 4.69) is 10.3 Å². The van der Waals surface area contributed by atoms with Crippen LogP contribution in [-0.2, 0) is 11.3 Å². The summed E-state index contributed by atoms with van der Waals surface area (Å²) in [5.41, 5.74) is 0.780. The Balaban J connectivity index is 1.68. The van der Waals surface area contributed by atoms with Crippen molar-refractivity contribution in [3.63, 3.8) is 0 Å². The van der Waals surface area contributed by atoms with Crippen molar-refractivity contribution < 1.29 is 18.5 Å². The summed E-state index contributed by atoms with van der Waals surface area (Å²) in [5, 5.41) is 13.6. The number of aromatic nitrogens is 2. The number of fused-ring (bicyclic) bond motifs is 1. The van der Waals surface area contributed by atoms with E-state index >= 15 is 0 Å². The van der Waals surface area contributed by atoms with E-state index in [4.69, 9.17) is 4.42 Å². The summed E-state index contributed by atoms with van der Waals surface area (Å²) < 4.78 is 20.4. The number of para-hydroxylation sites is 2. The number of nitrogens with zero attached hydrogens (tertiary/aromatic N) is 3. The third-order valence-corrected chi connectivity index (χ3v) is 4.13. The van der Waals surface area contributed by atoms with Gasteiger partial charge in [-0.2, -0.15) is 0 Å². The molecule has 0 saturated heterocycles. The summed E-state index contributed by atoms with van der Waals surface area (Å²) in [7, 11) is 0. The number of carbonyl (C=O) groups is 1. The molecule has 2 heterocycles. The zero-order valence-electron chi connectivity index (χ0n) is 14.3. The smallest absolute Gasteiger partial charge is 0.295 e. The van der Waals surface area contributed by atoms with Crippen LogP contribution < -0.4 is 5.32 Å². The van der Waals surface area contributed by atoms with Crippen LogP contribution in [0.15, 0.2) is 65.3 Å². The van der Waals surface area contributed by atoms with Crippen molar-refractivity contribution in [1.82, 2.24) is 9.55 Å². The van der Waals surface area contributed by atoms with Gasteiger partial charge in [-0.15, -0.1) is 0 Å². The third kappa shape index (κ3) is 3.20. The number of hydrogen-bond acceptors (Lipinski definition) is 5. The zero-order chi connectivity index (χ0) is 19.7. The van der Waals surface area contributed by atoms with Crippen LogP contribution in [0.25, 0.3) is 22.6 Å². The zero-order valence-corrected chi connectivity index (χ0v) is 14.3. The van der Waals surface area contributed by atoms with E-state index < -0.39 is 22.3 Å². The van der Waals surface area contributed by atoms with Gasteiger partial charge in [0.1, 0.15) is 18.0 Å². The van der Waals surface area contributed by atoms with Crippen molar-refractivity contribution >= 4 is 28.3 Å². The van der Waals surface area contributed by atoms with Gasteiger partial charge in [-0.25, -0.2) is 9.37 Å². The molecule has 1 amide bonds. The minimum absolute atomic E-state index is 0.0830. The molecule has 0 atom stereocenters. The van der Waals surface area contributed by atoms with Crippen LogP contribution in [0.2, 0.25) is 0 Å².